The Kier molecular flexibility index (Phi) is 2.11. The van der Waals surface area contributed by atoms with Crippen molar-refractivity contribution >= 4 is 12.9 Å². The van der Waals surface area contributed by atoms with Crippen LogP contribution in [0.1, 0.15) is 32.1 Å². The van der Waals surface area contributed by atoms with Crippen molar-refractivity contribution < 1.29 is 22.5 Å². The summed E-state index contributed by atoms with van der Waals surface area (Å²) in [5.41, 5.74) is -0.827. The molecule has 0 heterocycles. The molecule has 0 radical (unpaired) electrons. The average molecular weight is 221 g/mol. The van der Waals surface area contributed by atoms with Crippen LogP contribution in [0.15, 0.2) is 0 Å². The van der Waals surface area contributed by atoms with Crippen LogP contribution in [0.3, 0.4) is 0 Å². The second-order valence-corrected chi connectivity index (χ2v) is 4.89. The van der Waals surface area contributed by atoms with Gasteiger partial charge in [-0.15, -0.1) is 0 Å². The highest BCUT2D eigenvalue weighted by atomic mass is 19.4. The Labute approximate surface area is 86.2 Å². The summed E-state index contributed by atoms with van der Waals surface area (Å²) in [6.45, 7) is -4.84. The molecule has 0 aromatic heterocycles. The van der Waals surface area contributed by atoms with Gasteiger partial charge in [0.2, 0.25) is 0 Å². The van der Waals surface area contributed by atoms with Crippen molar-refractivity contribution in [3.63, 3.8) is 0 Å². The molecule has 86 valence electrons. The van der Waals surface area contributed by atoms with Gasteiger partial charge < -0.3 is 17.7 Å². The van der Waals surface area contributed by atoms with E-state index in [1.807, 2.05) is 0 Å². The fourth-order valence-electron chi connectivity index (χ4n) is 3.19. The Morgan fingerprint density at radius 3 is 2.07 bits per heavy atom. The van der Waals surface area contributed by atoms with Gasteiger partial charge in [-0.2, -0.15) is 0 Å². The van der Waals surface area contributed by atoms with Crippen LogP contribution in [0.25, 0.3) is 0 Å². The largest absolute Gasteiger partial charge is 0.484 e. The van der Waals surface area contributed by atoms with E-state index in [9.17, 15) is 17.7 Å². The molecule has 0 unspecified atom stereocenters. The van der Waals surface area contributed by atoms with Crippen molar-refractivity contribution in [2.75, 3.05) is 7.11 Å². The molecule has 15 heavy (non-hydrogen) atoms. The molecule has 2 fully saturated rings. The van der Waals surface area contributed by atoms with Crippen LogP contribution in [0, 0.1) is 5.41 Å². The number of methoxy groups -OCH3 is 1. The lowest BCUT2D eigenvalue weighted by atomic mass is 9.56. The minimum Gasteiger partial charge on any atom is -0.469 e. The van der Waals surface area contributed by atoms with Gasteiger partial charge >= 0.3 is 12.9 Å². The van der Waals surface area contributed by atoms with E-state index >= 15 is 0 Å². The van der Waals surface area contributed by atoms with Gasteiger partial charge in [-0.1, -0.05) is 24.6 Å². The van der Waals surface area contributed by atoms with Gasteiger partial charge in [0, 0.05) is 0 Å². The molecule has 0 amide bonds. The number of fused-ring (bicyclic) bond motifs is 2. The van der Waals surface area contributed by atoms with Gasteiger partial charge in [0.15, 0.2) is 0 Å². The van der Waals surface area contributed by atoms with Crippen LogP contribution < -0.4 is 0 Å². The average Bonchev–Trinajstić information content (AvgIpc) is 2.73. The molecule has 2 nitrogen and oxygen atoms in total. The molecule has 2 bridgehead atoms. The molecule has 0 aromatic rings. The molecule has 6 heteroatoms. The van der Waals surface area contributed by atoms with Gasteiger partial charge in [0.25, 0.3) is 0 Å². The third-order valence-corrected chi connectivity index (χ3v) is 4.21. The summed E-state index contributed by atoms with van der Waals surface area (Å²) >= 11 is 0. The van der Waals surface area contributed by atoms with Gasteiger partial charge in [-0.05, 0) is 12.8 Å². The summed E-state index contributed by atoms with van der Waals surface area (Å²) in [5.74, 6) is -0.457. The minimum atomic E-state index is -4.84. The molecule has 2 saturated carbocycles. The number of ether oxygens (including phenoxy) is 1. The molecule has 0 spiro atoms. The number of carbonyl (C=O) groups excluding carboxylic acids is 1. The van der Waals surface area contributed by atoms with Crippen molar-refractivity contribution in [1.82, 2.24) is 0 Å². The van der Waals surface area contributed by atoms with E-state index in [2.05, 4.69) is 4.74 Å². The Bertz CT molecular complexity index is 292. The first kappa shape index (κ1) is 10.8. The zero-order valence-electron chi connectivity index (χ0n) is 8.56. The maximum absolute atomic E-state index is 12.9. The van der Waals surface area contributed by atoms with Crippen molar-refractivity contribution in [2.45, 2.75) is 37.4 Å². The molecule has 2 aliphatic carbocycles. The molecule has 2 rings (SSSR count). The monoisotopic (exact) mass is 221 g/mol. The zero-order chi connectivity index (χ0) is 11.3. The molecular weight excluding hydrogens is 208 g/mol. The van der Waals surface area contributed by atoms with Crippen molar-refractivity contribution in [1.29, 1.82) is 0 Å². The smallest absolute Gasteiger partial charge is 0.469 e. The lowest BCUT2D eigenvalue weighted by Crippen LogP contribution is -2.33. The fraction of sp³-hybridized carbons (Fsp3) is 0.889. The van der Waals surface area contributed by atoms with Crippen molar-refractivity contribution in [2.24, 2.45) is 5.41 Å². The van der Waals surface area contributed by atoms with Gasteiger partial charge in [-0.3, -0.25) is 4.79 Å². The predicted molar refractivity (Wildman–Crippen MR) is 49.3 cm³/mol. The normalized spacial score (nSPS) is 39.5. The number of hydrogen-bond donors (Lipinski definition) is 0. The highest BCUT2D eigenvalue weighted by Gasteiger charge is 2.64. The predicted octanol–water partition coefficient (Wildman–Crippen LogP) is 2.71. The Balaban J connectivity index is 2.25. The standard InChI is InChI=1S/C9H13BF3O2/c1-15-7(14)8-2-4-9(6-8,5-3-8)10(11,12)13/h2-6H2,1H3/q-1. The lowest BCUT2D eigenvalue weighted by Gasteiger charge is -2.36. The Hall–Kier alpha value is -0.675. The van der Waals surface area contributed by atoms with E-state index < -0.39 is 23.7 Å². The third-order valence-electron chi connectivity index (χ3n) is 4.21. The fourth-order valence-corrected chi connectivity index (χ4v) is 3.19. The highest BCUT2D eigenvalue weighted by Crippen LogP contribution is 2.70. The van der Waals surface area contributed by atoms with Crippen LogP contribution >= 0.6 is 0 Å². The van der Waals surface area contributed by atoms with Gasteiger partial charge in [0.1, 0.15) is 0 Å². The zero-order valence-corrected chi connectivity index (χ0v) is 8.56. The summed E-state index contributed by atoms with van der Waals surface area (Å²) < 4.78 is 43.3. The van der Waals surface area contributed by atoms with Crippen LogP contribution in [0.5, 0.6) is 0 Å². The molecule has 2 aliphatic rings. The summed E-state index contributed by atoms with van der Waals surface area (Å²) in [5, 5.41) is -1.55. The van der Waals surface area contributed by atoms with Crippen LogP contribution in [0.2, 0.25) is 5.31 Å². The first-order valence-corrected chi connectivity index (χ1v) is 5.13. The van der Waals surface area contributed by atoms with E-state index in [0.29, 0.717) is 12.8 Å². The van der Waals surface area contributed by atoms with E-state index in [1.165, 1.54) is 7.11 Å². The first-order chi connectivity index (χ1) is 6.85. The summed E-state index contributed by atoms with van der Waals surface area (Å²) in [7, 11) is 1.24. The second kappa shape index (κ2) is 2.92. The number of esters is 1. The second-order valence-electron chi connectivity index (χ2n) is 4.89. The maximum atomic E-state index is 12.9. The maximum Gasteiger partial charge on any atom is 0.484 e. The molecule has 0 N–H and O–H groups in total. The molecule has 0 atom stereocenters. The molecule has 0 aromatic carbocycles. The molecule has 0 saturated heterocycles. The van der Waals surface area contributed by atoms with Crippen molar-refractivity contribution in [3.05, 3.63) is 0 Å². The number of hydrogen-bond acceptors (Lipinski definition) is 2. The Morgan fingerprint density at radius 2 is 1.73 bits per heavy atom. The van der Waals surface area contributed by atoms with Crippen LogP contribution in [-0.2, 0) is 9.53 Å². The van der Waals surface area contributed by atoms with E-state index in [-0.39, 0.29) is 19.3 Å². The lowest BCUT2D eigenvalue weighted by molar-refractivity contribution is -0.152. The first-order valence-electron chi connectivity index (χ1n) is 5.13. The molecule has 0 aliphatic heterocycles. The quantitative estimate of drug-likeness (QED) is 0.529. The number of halogens is 3. The van der Waals surface area contributed by atoms with Gasteiger partial charge in [-0.25, -0.2) is 0 Å². The topological polar surface area (TPSA) is 26.3 Å². The van der Waals surface area contributed by atoms with E-state index in [4.69, 9.17) is 0 Å². The number of rotatable bonds is 2. The van der Waals surface area contributed by atoms with Crippen molar-refractivity contribution in [3.8, 4) is 0 Å². The summed E-state index contributed by atoms with van der Waals surface area (Å²) in [6, 6.07) is 0. The molecular formula is C9H13BF3O2-. The number of carbonyl (C=O) groups is 1. The van der Waals surface area contributed by atoms with Gasteiger partial charge in [0.05, 0.1) is 12.5 Å². The van der Waals surface area contributed by atoms with E-state index in [0.717, 1.165) is 0 Å². The summed E-state index contributed by atoms with van der Waals surface area (Å²) in [6.07, 6.45) is 0.829. The third kappa shape index (κ3) is 1.30. The minimum absolute atomic E-state index is 0.0455. The highest BCUT2D eigenvalue weighted by molar-refractivity contribution is 6.62. The summed E-state index contributed by atoms with van der Waals surface area (Å²) in [4.78, 5) is 11.5. The SMILES string of the molecule is COC(=O)C12CCC([B-](F)(F)F)(CC1)C2. The Morgan fingerprint density at radius 1 is 1.20 bits per heavy atom. The van der Waals surface area contributed by atoms with Crippen LogP contribution in [0.4, 0.5) is 12.9 Å². The van der Waals surface area contributed by atoms with Crippen LogP contribution in [-0.4, -0.2) is 20.1 Å². The van der Waals surface area contributed by atoms with E-state index in [1.54, 1.807) is 0 Å².